The molecule has 1 aromatic heterocycles. The van der Waals surface area contributed by atoms with Gasteiger partial charge in [0, 0.05) is 25.0 Å². The second-order valence-corrected chi connectivity index (χ2v) is 7.53. The summed E-state index contributed by atoms with van der Waals surface area (Å²) in [5.41, 5.74) is 1.89. The molecular weight excluding hydrogens is 367 g/mol. The van der Waals surface area contributed by atoms with Gasteiger partial charge in [0.25, 0.3) is 5.91 Å². The highest BCUT2D eigenvalue weighted by molar-refractivity contribution is 5.77. The summed E-state index contributed by atoms with van der Waals surface area (Å²) in [4.78, 5) is 14.7. The quantitative estimate of drug-likeness (QED) is 0.525. The third kappa shape index (κ3) is 6.21. The van der Waals surface area contributed by atoms with Gasteiger partial charge in [-0.05, 0) is 47.9 Å². The molecule has 0 unspecified atom stereocenters. The fourth-order valence-electron chi connectivity index (χ4n) is 3.22. The normalized spacial score (nSPS) is 10.9. The minimum Gasteiger partial charge on any atom is -0.484 e. The van der Waals surface area contributed by atoms with Gasteiger partial charge >= 0.3 is 0 Å². The van der Waals surface area contributed by atoms with E-state index in [4.69, 9.17) is 4.74 Å². The molecule has 0 spiro atoms. The number of carbonyl (C=O) groups excluding carboxylic acids is 1. The van der Waals surface area contributed by atoms with Crippen LogP contribution in [-0.2, 0) is 17.9 Å². The van der Waals surface area contributed by atoms with Crippen LogP contribution in [-0.4, -0.2) is 28.5 Å². The minimum atomic E-state index is -0.245. The molecule has 0 saturated carbocycles. The van der Waals surface area contributed by atoms with Crippen LogP contribution in [0.25, 0.3) is 0 Å². The first kappa shape index (κ1) is 20.6. The molecule has 29 heavy (non-hydrogen) atoms. The van der Waals surface area contributed by atoms with Gasteiger partial charge < -0.3 is 14.2 Å². The lowest BCUT2D eigenvalue weighted by Crippen LogP contribution is -2.37. The number of ether oxygens (including phenoxy) is 1. The van der Waals surface area contributed by atoms with Crippen molar-refractivity contribution in [1.82, 2.24) is 9.47 Å². The van der Waals surface area contributed by atoms with Crippen LogP contribution in [0.3, 0.4) is 0 Å². The van der Waals surface area contributed by atoms with Crippen molar-refractivity contribution < 1.29 is 13.9 Å². The Morgan fingerprint density at radius 2 is 1.86 bits per heavy atom. The highest BCUT2D eigenvalue weighted by Gasteiger charge is 2.18. The molecule has 3 aromatic rings. The number of benzene rings is 2. The van der Waals surface area contributed by atoms with Gasteiger partial charge in [0.05, 0.1) is 6.54 Å². The summed E-state index contributed by atoms with van der Waals surface area (Å²) in [6, 6.07) is 19.9. The predicted molar refractivity (Wildman–Crippen MR) is 112 cm³/mol. The summed E-state index contributed by atoms with van der Waals surface area (Å²) >= 11 is 0. The van der Waals surface area contributed by atoms with E-state index in [1.807, 2.05) is 64.2 Å². The van der Waals surface area contributed by atoms with Crippen LogP contribution >= 0.6 is 0 Å². The van der Waals surface area contributed by atoms with Gasteiger partial charge in [-0.25, -0.2) is 4.39 Å². The molecule has 1 heterocycles. The Balaban J connectivity index is 1.68. The topological polar surface area (TPSA) is 34.5 Å². The maximum Gasteiger partial charge on any atom is 0.260 e. The first-order chi connectivity index (χ1) is 14.0. The molecule has 0 bridgehead atoms. The van der Waals surface area contributed by atoms with E-state index in [9.17, 15) is 9.18 Å². The van der Waals surface area contributed by atoms with Gasteiger partial charge in [-0.2, -0.15) is 0 Å². The zero-order valence-electron chi connectivity index (χ0n) is 16.9. The molecule has 0 N–H and O–H groups in total. The van der Waals surface area contributed by atoms with E-state index in [0.717, 1.165) is 11.3 Å². The number of hydrogen-bond donors (Lipinski definition) is 0. The fraction of sp³-hybridized carbons (Fsp3) is 0.292. The third-order valence-electron chi connectivity index (χ3n) is 4.56. The number of para-hydroxylation sites is 1. The zero-order valence-corrected chi connectivity index (χ0v) is 16.9. The predicted octanol–water partition coefficient (Wildman–Crippen LogP) is 4.74. The number of nitrogens with zero attached hydrogens (tertiary/aromatic N) is 2. The Kier molecular flexibility index (Phi) is 7.06. The molecule has 0 aliphatic rings. The van der Waals surface area contributed by atoms with E-state index in [0.29, 0.717) is 31.3 Å². The van der Waals surface area contributed by atoms with E-state index in [2.05, 4.69) is 13.8 Å². The molecule has 5 heteroatoms. The Bertz CT molecular complexity index is 921. The molecule has 3 rings (SSSR count). The first-order valence-electron chi connectivity index (χ1n) is 9.85. The molecule has 1 amide bonds. The minimum absolute atomic E-state index is 0.00133. The maximum absolute atomic E-state index is 13.5. The van der Waals surface area contributed by atoms with E-state index in [-0.39, 0.29) is 18.3 Å². The van der Waals surface area contributed by atoms with Crippen LogP contribution in [0.1, 0.15) is 25.1 Å². The van der Waals surface area contributed by atoms with Gasteiger partial charge in [0.1, 0.15) is 11.6 Å². The Labute approximate surface area is 171 Å². The smallest absolute Gasteiger partial charge is 0.260 e. The van der Waals surface area contributed by atoms with Crippen LogP contribution in [0.15, 0.2) is 72.9 Å². The number of aromatic nitrogens is 1. The van der Waals surface area contributed by atoms with Crippen molar-refractivity contribution in [2.24, 2.45) is 5.92 Å². The molecule has 152 valence electrons. The van der Waals surface area contributed by atoms with Crippen LogP contribution in [0.2, 0.25) is 0 Å². The van der Waals surface area contributed by atoms with Gasteiger partial charge in [0.15, 0.2) is 6.61 Å². The zero-order chi connectivity index (χ0) is 20.6. The van der Waals surface area contributed by atoms with Crippen molar-refractivity contribution in [3.8, 4) is 5.75 Å². The molecule has 0 aliphatic heterocycles. The van der Waals surface area contributed by atoms with Crippen molar-refractivity contribution in [1.29, 1.82) is 0 Å². The van der Waals surface area contributed by atoms with Gasteiger partial charge in [0.2, 0.25) is 0 Å². The number of amides is 1. The largest absolute Gasteiger partial charge is 0.484 e. The monoisotopic (exact) mass is 394 g/mol. The molecule has 0 radical (unpaired) electrons. The van der Waals surface area contributed by atoms with Crippen LogP contribution in [0, 0.1) is 11.7 Å². The Hall–Kier alpha value is -3.08. The van der Waals surface area contributed by atoms with Crippen LogP contribution in [0.5, 0.6) is 5.75 Å². The first-order valence-corrected chi connectivity index (χ1v) is 9.85. The standard InChI is InChI=1S/C24H27FN2O2/c1-19(2)15-27(24(28)18-29-23-11-4-3-5-12-23)17-22-10-7-13-26(22)16-20-8-6-9-21(25)14-20/h3-14,19H,15-18H2,1-2H3. The van der Waals surface area contributed by atoms with E-state index in [1.54, 1.807) is 6.07 Å². The lowest BCUT2D eigenvalue weighted by Gasteiger charge is -2.25. The number of hydrogen-bond acceptors (Lipinski definition) is 2. The molecule has 0 atom stereocenters. The Morgan fingerprint density at radius 3 is 2.59 bits per heavy atom. The molecule has 4 nitrogen and oxygen atoms in total. The highest BCUT2D eigenvalue weighted by Crippen LogP contribution is 2.14. The second kappa shape index (κ2) is 9.92. The summed E-state index contributed by atoms with van der Waals surface area (Å²) in [6.07, 6.45) is 1.96. The van der Waals surface area contributed by atoms with E-state index < -0.39 is 0 Å². The fourth-order valence-corrected chi connectivity index (χ4v) is 3.22. The lowest BCUT2D eigenvalue weighted by atomic mass is 10.2. The van der Waals surface area contributed by atoms with Crippen molar-refractivity contribution in [3.05, 3.63) is 90.0 Å². The Morgan fingerprint density at radius 1 is 1.07 bits per heavy atom. The van der Waals surface area contributed by atoms with E-state index in [1.165, 1.54) is 12.1 Å². The highest BCUT2D eigenvalue weighted by atomic mass is 19.1. The molecule has 0 aliphatic carbocycles. The van der Waals surface area contributed by atoms with Crippen molar-refractivity contribution in [2.75, 3.05) is 13.2 Å². The van der Waals surface area contributed by atoms with Gasteiger partial charge in [-0.3, -0.25) is 4.79 Å². The molecule has 0 saturated heterocycles. The number of rotatable bonds is 9. The molecule has 2 aromatic carbocycles. The summed E-state index contributed by atoms with van der Waals surface area (Å²) in [5.74, 6) is 0.717. The van der Waals surface area contributed by atoms with Crippen molar-refractivity contribution >= 4 is 5.91 Å². The summed E-state index contributed by atoms with van der Waals surface area (Å²) in [5, 5.41) is 0. The average Bonchev–Trinajstić information content (AvgIpc) is 3.12. The van der Waals surface area contributed by atoms with Gasteiger partial charge in [-0.1, -0.05) is 44.2 Å². The van der Waals surface area contributed by atoms with Crippen LogP contribution < -0.4 is 4.74 Å². The maximum atomic E-state index is 13.5. The van der Waals surface area contributed by atoms with Crippen molar-refractivity contribution in [2.45, 2.75) is 26.9 Å². The van der Waals surface area contributed by atoms with Gasteiger partial charge in [-0.15, -0.1) is 0 Å². The lowest BCUT2D eigenvalue weighted by molar-refractivity contribution is -0.134. The van der Waals surface area contributed by atoms with Crippen molar-refractivity contribution in [3.63, 3.8) is 0 Å². The second-order valence-electron chi connectivity index (χ2n) is 7.53. The van der Waals surface area contributed by atoms with E-state index >= 15 is 0 Å². The average molecular weight is 394 g/mol. The SMILES string of the molecule is CC(C)CN(Cc1cccn1Cc1cccc(F)c1)C(=O)COc1ccccc1. The third-order valence-corrected chi connectivity index (χ3v) is 4.56. The summed E-state index contributed by atoms with van der Waals surface area (Å²) in [7, 11) is 0. The molecule has 0 fully saturated rings. The van der Waals surface area contributed by atoms with Crippen LogP contribution in [0.4, 0.5) is 4.39 Å². The summed E-state index contributed by atoms with van der Waals surface area (Å²) in [6.45, 7) is 5.86. The summed E-state index contributed by atoms with van der Waals surface area (Å²) < 4.78 is 21.2. The molecular formula is C24H27FN2O2. The number of halogens is 1. The number of carbonyl (C=O) groups is 1.